The van der Waals surface area contributed by atoms with E-state index in [4.69, 9.17) is 29.0 Å². The molecule has 0 aliphatic carbocycles. The number of nitrogens with zero attached hydrogens (tertiary/aromatic N) is 4. The van der Waals surface area contributed by atoms with Crippen LogP contribution in [-0.2, 0) is 4.79 Å². The molecule has 1 amide bonds. The van der Waals surface area contributed by atoms with Crippen LogP contribution in [0.15, 0.2) is 47.6 Å². The van der Waals surface area contributed by atoms with E-state index >= 15 is 0 Å². The Labute approximate surface area is 194 Å². The van der Waals surface area contributed by atoms with Crippen LogP contribution >= 0.6 is 35.0 Å². The first-order valence-electron chi connectivity index (χ1n) is 9.95. The molecule has 0 spiro atoms. The number of nitrogens with two attached hydrogens (primary N) is 1. The Morgan fingerprint density at radius 2 is 1.81 bits per heavy atom. The van der Waals surface area contributed by atoms with Crippen LogP contribution in [0.25, 0.3) is 11.4 Å². The summed E-state index contributed by atoms with van der Waals surface area (Å²) >= 11 is 13.5. The predicted octanol–water partition coefficient (Wildman–Crippen LogP) is 4.69. The molecule has 1 fully saturated rings. The zero-order valence-corrected chi connectivity index (χ0v) is 19.1. The molecule has 0 saturated carbocycles. The normalized spacial score (nSPS) is 13.9. The van der Waals surface area contributed by atoms with Crippen molar-refractivity contribution in [3.63, 3.8) is 0 Å². The molecule has 3 aromatic rings. The van der Waals surface area contributed by atoms with Gasteiger partial charge < -0.3 is 16.1 Å². The van der Waals surface area contributed by atoms with Crippen LogP contribution in [0.1, 0.15) is 19.3 Å². The third kappa shape index (κ3) is 5.26. The lowest BCUT2D eigenvalue weighted by Gasteiger charge is -2.28. The highest BCUT2D eigenvalue weighted by Gasteiger charge is 2.17. The van der Waals surface area contributed by atoms with E-state index in [0.717, 1.165) is 18.8 Å². The molecule has 2 heterocycles. The number of benzene rings is 2. The number of amides is 1. The number of nitrogens with one attached hydrogen (secondary N) is 1. The van der Waals surface area contributed by atoms with E-state index in [1.807, 2.05) is 24.3 Å². The summed E-state index contributed by atoms with van der Waals surface area (Å²) in [5.74, 6) is 6.49. The molecule has 162 valence electrons. The quantitative estimate of drug-likeness (QED) is 0.396. The van der Waals surface area contributed by atoms with Gasteiger partial charge in [-0.05, 0) is 61.7 Å². The second-order valence-electron chi connectivity index (χ2n) is 7.23. The Kier molecular flexibility index (Phi) is 6.89. The molecule has 2 aromatic carbocycles. The monoisotopic (exact) mass is 476 g/mol. The van der Waals surface area contributed by atoms with Crippen molar-refractivity contribution in [3.8, 4) is 11.4 Å². The Morgan fingerprint density at radius 1 is 1.06 bits per heavy atom. The lowest BCUT2D eigenvalue weighted by Crippen LogP contribution is -2.29. The number of piperidine rings is 1. The standard InChI is InChI=1S/C21H22Cl2N6OS/c22-14-4-9-18(23)17(12-14)20-26-27-21(29(20)24)31-13-19(30)25-15-5-7-16(8-6-15)28-10-2-1-3-11-28/h4-9,12H,1-3,10-11,13,24H2,(H,25,30). The lowest BCUT2D eigenvalue weighted by molar-refractivity contribution is -0.113. The van der Waals surface area contributed by atoms with E-state index in [2.05, 4.69) is 20.4 Å². The first-order chi connectivity index (χ1) is 15.0. The molecule has 0 bridgehead atoms. The second-order valence-corrected chi connectivity index (χ2v) is 9.02. The topological polar surface area (TPSA) is 89.1 Å². The van der Waals surface area contributed by atoms with Crippen molar-refractivity contribution in [2.75, 3.05) is 34.9 Å². The molecular formula is C21H22Cl2N6OS. The average Bonchev–Trinajstić information content (AvgIpc) is 3.15. The van der Waals surface area contributed by atoms with E-state index in [1.54, 1.807) is 18.2 Å². The van der Waals surface area contributed by atoms with Gasteiger partial charge in [0, 0.05) is 35.1 Å². The molecule has 0 atom stereocenters. The zero-order valence-electron chi connectivity index (χ0n) is 16.7. The minimum absolute atomic E-state index is 0.145. The van der Waals surface area contributed by atoms with Gasteiger partial charge in [-0.3, -0.25) is 4.79 Å². The maximum Gasteiger partial charge on any atom is 0.234 e. The van der Waals surface area contributed by atoms with Gasteiger partial charge in [-0.1, -0.05) is 35.0 Å². The van der Waals surface area contributed by atoms with Crippen LogP contribution in [0.5, 0.6) is 0 Å². The molecule has 10 heteroatoms. The molecule has 1 aliphatic rings. The zero-order chi connectivity index (χ0) is 21.8. The SMILES string of the molecule is Nn1c(SCC(=O)Nc2ccc(N3CCCCC3)cc2)nnc1-c1cc(Cl)ccc1Cl. The third-order valence-corrected chi connectivity index (χ3v) is 6.55. The number of rotatable bonds is 6. The molecule has 0 unspecified atom stereocenters. The van der Waals surface area contributed by atoms with Gasteiger partial charge in [0.25, 0.3) is 0 Å². The molecular weight excluding hydrogens is 455 g/mol. The first-order valence-corrected chi connectivity index (χ1v) is 11.7. The molecule has 3 N–H and O–H groups in total. The molecule has 4 rings (SSSR count). The van der Waals surface area contributed by atoms with Gasteiger partial charge in [-0.2, -0.15) is 0 Å². The van der Waals surface area contributed by atoms with Gasteiger partial charge in [0.15, 0.2) is 5.82 Å². The minimum Gasteiger partial charge on any atom is -0.372 e. The lowest BCUT2D eigenvalue weighted by atomic mass is 10.1. The van der Waals surface area contributed by atoms with Gasteiger partial charge in [0.2, 0.25) is 11.1 Å². The summed E-state index contributed by atoms with van der Waals surface area (Å²) < 4.78 is 1.31. The summed E-state index contributed by atoms with van der Waals surface area (Å²) in [6.45, 7) is 2.18. The van der Waals surface area contributed by atoms with Crippen molar-refractivity contribution in [1.29, 1.82) is 0 Å². The number of hydrogen-bond donors (Lipinski definition) is 2. The Balaban J connectivity index is 1.35. The van der Waals surface area contributed by atoms with Crippen molar-refractivity contribution in [2.45, 2.75) is 24.4 Å². The van der Waals surface area contributed by atoms with Crippen LogP contribution in [0.3, 0.4) is 0 Å². The number of aromatic nitrogens is 3. The first kappa shape index (κ1) is 21.8. The minimum atomic E-state index is -0.152. The highest BCUT2D eigenvalue weighted by Crippen LogP contribution is 2.30. The van der Waals surface area contributed by atoms with Crippen LogP contribution in [0.2, 0.25) is 10.0 Å². The van der Waals surface area contributed by atoms with Crippen LogP contribution < -0.4 is 16.1 Å². The van der Waals surface area contributed by atoms with Crippen molar-refractivity contribution < 1.29 is 4.79 Å². The third-order valence-electron chi connectivity index (χ3n) is 5.04. The van der Waals surface area contributed by atoms with Gasteiger partial charge in [0.1, 0.15) is 0 Å². The fourth-order valence-corrected chi connectivity index (χ4v) is 4.49. The Morgan fingerprint density at radius 3 is 2.55 bits per heavy atom. The van der Waals surface area contributed by atoms with Gasteiger partial charge in [-0.25, -0.2) is 4.68 Å². The smallest absolute Gasteiger partial charge is 0.234 e. The number of anilines is 2. The summed E-state index contributed by atoms with van der Waals surface area (Å²) in [6, 6.07) is 13.0. The summed E-state index contributed by atoms with van der Waals surface area (Å²) in [7, 11) is 0. The fraction of sp³-hybridized carbons (Fsp3) is 0.286. The second kappa shape index (κ2) is 9.80. The van der Waals surface area contributed by atoms with Crippen molar-refractivity contribution in [2.24, 2.45) is 0 Å². The number of thioether (sulfide) groups is 1. The van der Waals surface area contributed by atoms with E-state index in [0.29, 0.717) is 26.6 Å². The summed E-state index contributed by atoms with van der Waals surface area (Å²) in [5, 5.41) is 12.4. The van der Waals surface area contributed by atoms with E-state index in [-0.39, 0.29) is 11.7 Å². The van der Waals surface area contributed by atoms with Crippen molar-refractivity contribution in [3.05, 3.63) is 52.5 Å². The van der Waals surface area contributed by atoms with E-state index < -0.39 is 0 Å². The molecule has 1 aliphatic heterocycles. The van der Waals surface area contributed by atoms with E-state index in [9.17, 15) is 4.79 Å². The maximum absolute atomic E-state index is 12.4. The van der Waals surface area contributed by atoms with Gasteiger partial charge >= 0.3 is 0 Å². The Hall–Kier alpha value is -2.42. The van der Waals surface area contributed by atoms with Crippen molar-refractivity contribution >= 4 is 52.2 Å². The Bertz CT molecular complexity index is 1070. The summed E-state index contributed by atoms with van der Waals surface area (Å²) in [4.78, 5) is 14.8. The summed E-state index contributed by atoms with van der Waals surface area (Å²) in [5.41, 5.74) is 2.52. The number of carbonyl (C=O) groups excluding carboxylic acids is 1. The van der Waals surface area contributed by atoms with Crippen molar-refractivity contribution in [1.82, 2.24) is 14.9 Å². The maximum atomic E-state index is 12.4. The predicted molar refractivity (Wildman–Crippen MR) is 127 cm³/mol. The molecule has 1 aromatic heterocycles. The molecule has 1 saturated heterocycles. The number of nitrogen functional groups attached to an aromatic ring is 1. The molecule has 0 radical (unpaired) electrons. The van der Waals surface area contributed by atoms with E-state index in [1.165, 1.54) is 41.4 Å². The molecule has 7 nitrogen and oxygen atoms in total. The van der Waals surface area contributed by atoms with Crippen LogP contribution in [0, 0.1) is 0 Å². The number of hydrogen-bond acceptors (Lipinski definition) is 6. The average molecular weight is 477 g/mol. The fourth-order valence-electron chi connectivity index (χ4n) is 3.46. The van der Waals surface area contributed by atoms with Gasteiger partial charge in [0.05, 0.1) is 10.8 Å². The highest BCUT2D eigenvalue weighted by atomic mass is 35.5. The molecule has 31 heavy (non-hydrogen) atoms. The van der Waals surface area contributed by atoms with Gasteiger partial charge in [-0.15, -0.1) is 10.2 Å². The number of halogens is 2. The largest absolute Gasteiger partial charge is 0.372 e. The van der Waals surface area contributed by atoms with Crippen LogP contribution in [0.4, 0.5) is 11.4 Å². The number of carbonyl (C=O) groups is 1. The van der Waals surface area contributed by atoms with Crippen LogP contribution in [-0.4, -0.2) is 39.6 Å². The summed E-state index contributed by atoms with van der Waals surface area (Å²) in [6.07, 6.45) is 3.76. The highest BCUT2D eigenvalue weighted by molar-refractivity contribution is 7.99.